The Hall–Kier alpha value is -1.58. The average Bonchev–Trinajstić information content (AvgIpc) is 3.62. The number of hydrogen-bond acceptors (Lipinski definition) is 7. The van der Waals surface area contributed by atoms with Crippen molar-refractivity contribution in [3.05, 3.63) is 30.1 Å². The third-order valence-electron chi connectivity index (χ3n) is 15.4. The number of carbonyl (C=O) groups is 1. The van der Waals surface area contributed by atoms with Crippen molar-refractivity contribution in [2.24, 2.45) is 45.3 Å². The molecule has 5 aliphatic carbocycles. The molecule has 2 aliphatic heterocycles. The molecule has 1 aromatic heterocycles. The summed E-state index contributed by atoms with van der Waals surface area (Å²) in [7, 11) is 0. The molecule has 1 amide bonds. The SMILES string of the molecule is CC12CC[C@@]34CC35CC[C@H](OC3CN(C(=O)Cc6cccnc6)CCO3)C(C)(C)C5CCC4C1CC1OC([C@H](O)C(C)(C)O)CCC12. The van der Waals surface area contributed by atoms with Gasteiger partial charge in [0.25, 0.3) is 0 Å². The lowest BCUT2D eigenvalue weighted by atomic mass is 9.46. The first-order valence-electron chi connectivity index (χ1n) is 18.8. The summed E-state index contributed by atoms with van der Waals surface area (Å²) in [6.07, 6.45) is 14.7. The van der Waals surface area contributed by atoms with Crippen LogP contribution in [-0.2, 0) is 25.4 Å². The van der Waals surface area contributed by atoms with E-state index in [-0.39, 0.29) is 35.9 Å². The molecule has 1 aromatic rings. The van der Waals surface area contributed by atoms with Gasteiger partial charge in [-0.25, -0.2) is 0 Å². The highest BCUT2D eigenvalue weighted by atomic mass is 16.7. The maximum absolute atomic E-state index is 13.1. The Morgan fingerprint density at radius 2 is 1.89 bits per heavy atom. The van der Waals surface area contributed by atoms with Crippen molar-refractivity contribution in [2.45, 2.75) is 142 Å². The highest BCUT2D eigenvalue weighted by Crippen LogP contribution is 2.87. The summed E-state index contributed by atoms with van der Waals surface area (Å²) in [5.41, 5.74) is 1.04. The maximum Gasteiger partial charge on any atom is 0.227 e. The monoisotopic (exact) mass is 650 g/mol. The number of rotatable bonds is 6. The minimum Gasteiger partial charge on any atom is -0.388 e. The van der Waals surface area contributed by atoms with Crippen LogP contribution in [0.25, 0.3) is 0 Å². The Balaban J connectivity index is 0.936. The molecule has 12 atom stereocenters. The van der Waals surface area contributed by atoms with Crippen LogP contribution in [0.4, 0.5) is 0 Å². The Morgan fingerprint density at radius 1 is 1.09 bits per heavy atom. The van der Waals surface area contributed by atoms with Crippen LogP contribution in [-0.4, -0.2) is 82.0 Å². The fourth-order valence-electron chi connectivity index (χ4n) is 13.1. The molecule has 7 fully saturated rings. The van der Waals surface area contributed by atoms with E-state index in [0.29, 0.717) is 60.1 Å². The Labute approximate surface area is 281 Å². The van der Waals surface area contributed by atoms with Gasteiger partial charge in [0.15, 0.2) is 6.29 Å². The van der Waals surface area contributed by atoms with Crippen LogP contribution in [0.15, 0.2) is 24.5 Å². The third-order valence-corrected chi connectivity index (χ3v) is 15.4. The number of ether oxygens (including phenoxy) is 3. The Morgan fingerprint density at radius 3 is 2.66 bits per heavy atom. The molecule has 7 aliphatic rings. The van der Waals surface area contributed by atoms with E-state index in [1.165, 1.54) is 38.5 Å². The largest absolute Gasteiger partial charge is 0.388 e. The van der Waals surface area contributed by atoms with Crippen molar-refractivity contribution in [2.75, 3.05) is 19.7 Å². The van der Waals surface area contributed by atoms with Gasteiger partial charge in [0.1, 0.15) is 6.10 Å². The molecule has 8 nitrogen and oxygen atoms in total. The quantitative estimate of drug-likeness (QED) is 0.418. The predicted octanol–water partition coefficient (Wildman–Crippen LogP) is 5.53. The summed E-state index contributed by atoms with van der Waals surface area (Å²) in [5.74, 6) is 2.77. The molecule has 0 bridgehead atoms. The molecule has 8 heteroatoms. The number of pyridine rings is 1. The fourth-order valence-corrected chi connectivity index (χ4v) is 13.1. The summed E-state index contributed by atoms with van der Waals surface area (Å²) in [6, 6.07) is 3.84. The molecule has 0 aromatic carbocycles. The molecule has 5 saturated carbocycles. The van der Waals surface area contributed by atoms with E-state index in [9.17, 15) is 15.0 Å². The number of aliphatic hydroxyl groups excluding tert-OH is 1. The molecular formula is C39H58N2O6. The highest BCUT2D eigenvalue weighted by Gasteiger charge is 2.80. The zero-order valence-corrected chi connectivity index (χ0v) is 29.3. The van der Waals surface area contributed by atoms with Gasteiger partial charge in [-0.3, -0.25) is 9.78 Å². The van der Waals surface area contributed by atoms with Crippen molar-refractivity contribution >= 4 is 5.91 Å². The minimum atomic E-state index is -1.15. The number of aliphatic hydroxyl groups is 2. The van der Waals surface area contributed by atoms with E-state index < -0.39 is 11.7 Å². The summed E-state index contributed by atoms with van der Waals surface area (Å²) >= 11 is 0. The standard InChI is InChI=1S/C39H58N2O6/c1-35(2)30-11-9-25-27-20-29-26(8-10-28(46-29)34(43)36(3,4)44)37(27,5)14-15-38(25)23-39(30,38)13-12-31(35)47-33-22-41(17-18-45-33)32(42)19-24-7-6-16-40-21-24/h6-7,16,21,25-31,33-34,43-44H,8-15,17-20,22-23H2,1-5H3/t25?,26?,27?,28?,29?,30?,31-,33?,34-,37?,38-,39?/m0/s1. The number of carbonyl (C=O) groups excluding carboxylic acids is 1. The van der Waals surface area contributed by atoms with E-state index in [2.05, 4.69) is 25.8 Å². The second-order valence-electron chi connectivity index (χ2n) is 18.2. The first-order chi connectivity index (χ1) is 22.3. The second-order valence-corrected chi connectivity index (χ2v) is 18.2. The molecule has 260 valence electrons. The van der Waals surface area contributed by atoms with E-state index in [0.717, 1.165) is 37.2 Å². The van der Waals surface area contributed by atoms with Crippen LogP contribution in [0.1, 0.15) is 104 Å². The number of fused-ring (bicyclic) bond motifs is 4. The number of amides is 1. The third kappa shape index (κ3) is 5.00. The topological polar surface area (TPSA) is 101 Å². The van der Waals surface area contributed by atoms with Gasteiger partial charge in [-0.2, -0.15) is 0 Å². The van der Waals surface area contributed by atoms with Crippen LogP contribution in [0.5, 0.6) is 0 Å². The van der Waals surface area contributed by atoms with Gasteiger partial charge in [0.2, 0.25) is 5.91 Å². The van der Waals surface area contributed by atoms with Crippen LogP contribution in [0.2, 0.25) is 0 Å². The van der Waals surface area contributed by atoms with Crippen molar-refractivity contribution in [3.63, 3.8) is 0 Å². The smallest absolute Gasteiger partial charge is 0.227 e. The highest BCUT2D eigenvalue weighted by molar-refractivity contribution is 5.78. The summed E-state index contributed by atoms with van der Waals surface area (Å²) < 4.78 is 19.7. The van der Waals surface area contributed by atoms with E-state index in [1.807, 2.05) is 17.0 Å². The van der Waals surface area contributed by atoms with Gasteiger partial charge in [0.05, 0.1) is 43.5 Å². The van der Waals surface area contributed by atoms with Gasteiger partial charge in [-0.05, 0) is 135 Å². The van der Waals surface area contributed by atoms with Crippen molar-refractivity contribution < 1.29 is 29.2 Å². The molecular weight excluding hydrogens is 592 g/mol. The van der Waals surface area contributed by atoms with E-state index in [4.69, 9.17) is 14.2 Å². The summed E-state index contributed by atoms with van der Waals surface area (Å²) in [6.45, 7) is 12.5. The van der Waals surface area contributed by atoms with Gasteiger partial charge < -0.3 is 29.3 Å². The lowest BCUT2D eigenvalue weighted by molar-refractivity contribution is -0.244. The Kier molecular flexibility index (Phi) is 7.78. The number of aromatic nitrogens is 1. The fraction of sp³-hybridized carbons (Fsp3) is 0.846. The molecule has 2 spiro atoms. The molecule has 9 unspecified atom stereocenters. The molecule has 8 rings (SSSR count). The molecule has 0 radical (unpaired) electrons. The average molecular weight is 651 g/mol. The number of hydrogen-bond donors (Lipinski definition) is 2. The molecule has 47 heavy (non-hydrogen) atoms. The first kappa shape index (κ1) is 32.6. The predicted molar refractivity (Wildman–Crippen MR) is 177 cm³/mol. The normalized spacial score (nSPS) is 45.9. The minimum absolute atomic E-state index is 0.0477. The van der Waals surface area contributed by atoms with Crippen molar-refractivity contribution in [3.8, 4) is 0 Å². The summed E-state index contributed by atoms with van der Waals surface area (Å²) in [4.78, 5) is 19.2. The summed E-state index contributed by atoms with van der Waals surface area (Å²) in [5, 5.41) is 21.4. The van der Waals surface area contributed by atoms with Crippen LogP contribution < -0.4 is 0 Å². The lowest BCUT2D eigenvalue weighted by Crippen LogP contribution is -2.56. The van der Waals surface area contributed by atoms with E-state index >= 15 is 0 Å². The van der Waals surface area contributed by atoms with Crippen molar-refractivity contribution in [1.29, 1.82) is 0 Å². The van der Waals surface area contributed by atoms with Crippen LogP contribution in [0, 0.1) is 45.3 Å². The lowest BCUT2D eigenvalue weighted by Gasteiger charge is -2.60. The van der Waals surface area contributed by atoms with Gasteiger partial charge in [-0.1, -0.05) is 26.8 Å². The Bertz CT molecular complexity index is 1350. The van der Waals surface area contributed by atoms with Crippen LogP contribution >= 0.6 is 0 Å². The van der Waals surface area contributed by atoms with Crippen molar-refractivity contribution in [1.82, 2.24) is 9.88 Å². The zero-order valence-electron chi connectivity index (χ0n) is 29.3. The zero-order chi connectivity index (χ0) is 33.0. The van der Waals surface area contributed by atoms with Gasteiger partial charge in [0, 0.05) is 18.9 Å². The first-order valence-corrected chi connectivity index (χ1v) is 18.8. The number of nitrogens with zero attached hydrogens (tertiary/aromatic N) is 2. The van der Waals surface area contributed by atoms with Crippen LogP contribution in [0.3, 0.4) is 0 Å². The molecule has 2 saturated heterocycles. The molecule has 3 heterocycles. The second kappa shape index (κ2) is 11.2. The number of morpholine rings is 1. The van der Waals surface area contributed by atoms with E-state index in [1.54, 1.807) is 26.2 Å². The molecule has 2 N–H and O–H groups in total. The van der Waals surface area contributed by atoms with Gasteiger partial charge >= 0.3 is 0 Å². The van der Waals surface area contributed by atoms with Gasteiger partial charge in [-0.15, -0.1) is 0 Å². The maximum atomic E-state index is 13.1.